The van der Waals surface area contributed by atoms with E-state index in [1.807, 2.05) is 12.1 Å². The van der Waals surface area contributed by atoms with Crippen LogP contribution < -0.4 is 19.3 Å². The van der Waals surface area contributed by atoms with Gasteiger partial charge in [0.2, 0.25) is 0 Å². The van der Waals surface area contributed by atoms with E-state index < -0.39 is 10.0 Å². The summed E-state index contributed by atoms with van der Waals surface area (Å²) in [6, 6.07) is 9.78. The number of piperazine rings is 1. The van der Waals surface area contributed by atoms with Crippen LogP contribution in [0.2, 0.25) is 0 Å². The summed E-state index contributed by atoms with van der Waals surface area (Å²) in [4.78, 5) is 3.04. The van der Waals surface area contributed by atoms with Crippen molar-refractivity contribution in [1.82, 2.24) is 10.5 Å². The smallest absolute Gasteiger partial charge is 0.273 e. The number of methoxy groups -OCH3 is 1. The van der Waals surface area contributed by atoms with E-state index in [-0.39, 0.29) is 0 Å². The molecule has 8 nitrogen and oxygen atoms in total. The van der Waals surface area contributed by atoms with E-state index in [1.165, 1.54) is 21.9 Å². The number of aromatic nitrogens is 1. The van der Waals surface area contributed by atoms with Crippen molar-refractivity contribution >= 4 is 32.7 Å². The van der Waals surface area contributed by atoms with Crippen molar-refractivity contribution in [1.29, 1.82) is 0 Å². The van der Waals surface area contributed by atoms with Gasteiger partial charge in [0.1, 0.15) is 21.9 Å². The average molecular weight is 475 g/mol. The topological polar surface area (TPSA) is 87.9 Å². The molecule has 5 rings (SSSR count). The maximum Gasteiger partial charge on any atom is 0.273 e. The van der Waals surface area contributed by atoms with Crippen LogP contribution in [0.15, 0.2) is 45.3 Å². The van der Waals surface area contributed by atoms with E-state index in [0.29, 0.717) is 35.0 Å². The van der Waals surface area contributed by atoms with Crippen LogP contribution in [0.3, 0.4) is 0 Å². The van der Waals surface area contributed by atoms with Gasteiger partial charge in [-0.25, -0.2) is 8.42 Å². The van der Waals surface area contributed by atoms with Gasteiger partial charge in [-0.05, 0) is 50.1 Å². The number of fused-ring (bicyclic) bond motifs is 1. The van der Waals surface area contributed by atoms with E-state index in [0.717, 1.165) is 40.7 Å². The van der Waals surface area contributed by atoms with Gasteiger partial charge >= 0.3 is 0 Å². The second kappa shape index (κ2) is 8.09. The molecule has 2 aliphatic heterocycles. The summed E-state index contributed by atoms with van der Waals surface area (Å²) in [5, 5.41) is 7.45. The van der Waals surface area contributed by atoms with E-state index in [9.17, 15) is 8.42 Å². The predicted molar refractivity (Wildman–Crippen MR) is 125 cm³/mol. The van der Waals surface area contributed by atoms with Gasteiger partial charge in [0.15, 0.2) is 0 Å². The zero-order valence-corrected chi connectivity index (χ0v) is 19.9. The summed E-state index contributed by atoms with van der Waals surface area (Å²) >= 11 is 1.20. The van der Waals surface area contributed by atoms with Crippen molar-refractivity contribution in [2.75, 3.05) is 35.9 Å². The highest BCUT2D eigenvalue weighted by Crippen LogP contribution is 2.43. The zero-order valence-electron chi connectivity index (χ0n) is 18.2. The molecule has 0 radical (unpaired) electrons. The normalized spacial score (nSPS) is 21.1. The number of nitrogens with one attached hydrogen (secondary N) is 1. The molecular weight excluding hydrogens is 448 g/mol. The number of nitrogens with zero attached hydrogens (tertiary/aromatic N) is 3. The van der Waals surface area contributed by atoms with Gasteiger partial charge in [-0.3, -0.25) is 4.31 Å². The first kappa shape index (κ1) is 21.3. The summed E-state index contributed by atoms with van der Waals surface area (Å²) in [6.07, 6.45) is 2.13. The van der Waals surface area contributed by atoms with Crippen LogP contribution in [0.5, 0.6) is 5.75 Å². The number of rotatable bonds is 5. The van der Waals surface area contributed by atoms with Gasteiger partial charge in [0, 0.05) is 37.8 Å². The van der Waals surface area contributed by atoms with Crippen molar-refractivity contribution in [3.8, 4) is 16.3 Å². The maximum atomic E-state index is 13.6. The van der Waals surface area contributed by atoms with Crippen LogP contribution in [-0.4, -0.2) is 52.4 Å². The lowest BCUT2D eigenvalue weighted by molar-refractivity contribution is 0.391. The fourth-order valence-electron chi connectivity index (χ4n) is 4.60. The number of hydrogen-bond donors (Lipinski definition) is 1. The van der Waals surface area contributed by atoms with Gasteiger partial charge in [-0.2, -0.15) is 0 Å². The van der Waals surface area contributed by atoms with Crippen LogP contribution in [-0.2, 0) is 16.4 Å². The highest BCUT2D eigenvalue weighted by atomic mass is 32.2. The van der Waals surface area contributed by atoms with Crippen molar-refractivity contribution in [2.45, 2.75) is 36.6 Å². The number of thiophene rings is 1. The predicted octanol–water partition coefficient (Wildman–Crippen LogP) is 3.35. The van der Waals surface area contributed by atoms with E-state index in [1.54, 1.807) is 25.3 Å². The highest BCUT2D eigenvalue weighted by molar-refractivity contribution is 7.94. The summed E-state index contributed by atoms with van der Waals surface area (Å²) < 4.78 is 39.5. The summed E-state index contributed by atoms with van der Waals surface area (Å²) in [5.41, 5.74) is 3.28. The molecule has 0 bridgehead atoms. The molecule has 3 aromatic rings. The fourth-order valence-corrected chi connectivity index (χ4v) is 7.48. The molecule has 32 heavy (non-hydrogen) atoms. The Kier molecular flexibility index (Phi) is 5.39. The molecule has 0 unspecified atom stereocenters. The minimum Gasteiger partial charge on any atom is -0.495 e. The molecule has 2 aliphatic rings. The molecule has 170 valence electrons. The molecule has 0 spiro atoms. The second-order valence-electron chi connectivity index (χ2n) is 8.36. The molecule has 10 heteroatoms. The molecule has 2 atom stereocenters. The lowest BCUT2D eigenvalue weighted by atomic mass is 10.1. The first-order valence-electron chi connectivity index (χ1n) is 10.6. The van der Waals surface area contributed by atoms with Crippen molar-refractivity contribution in [2.24, 2.45) is 0 Å². The summed E-state index contributed by atoms with van der Waals surface area (Å²) in [6.45, 7) is 6.39. The van der Waals surface area contributed by atoms with Crippen molar-refractivity contribution in [3.05, 3.63) is 42.2 Å². The summed E-state index contributed by atoms with van der Waals surface area (Å²) in [7, 11) is -2.02. The van der Waals surface area contributed by atoms with E-state index in [2.05, 4.69) is 29.2 Å². The minimum atomic E-state index is -3.69. The summed E-state index contributed by atoms with van der Waals surface area (Å²) in [5.74, 6) is 0.786. The molecule has 0 saturated carbocycles. The van der Waals surface area contributed by atoms with Crippen LogP contribution >= 0.6 is 11.3 Å². The van der Waals surface area contributed by atoms with Crippen LogP contribution in [0.25, 0.3) is 10.6 Å². The molecule has 4 heterocycles. The number of hydrogen-bond acceptors (Lipinski definition) is 8. The van der Waals surface area contributed by atoms with Crippen molar-refractivity contribution < 1.29 is 17.7 Å². The lowest BCUT2D eigenvalue weighted by Crippen LogP contribution is -2.54. The number of sulfonamides is 1. The van der Waals surface area contributed by atoms with E-state index >= 15 is 0 Å². The number of ether oxygens (including phenoxy) is 1. The Balaban J connectivity index is 1.51. The standard InChI is InChI=1S/C22H26N4O4S2/c1-14-12-25(13-15(2)23-14)19-11-18-16(10-20(19)29-3)6-8-26(18)32(27,28)22-5-4-21(31-22)17-7-9-30-24-17/h4-5,7,9-11,14-15,23H,6,8,12-13H2,1-3H3/t14-,15+. The molecular formula is C22H26N4O4S2. The zero-order chi connectivity index (χ0) is 22.5. The molecule has 1 aromatic carbocycles. The first-order chi connectivity index (χ1) is 15.4. The molecule has 2 aromatic heterocycles. The minimum absolute atomic E-state index is 0.296. The van der Waals surface area contributed by atoms with Crippen LogP contribution in [0.1, 0.15) is 19.4 Å². The Labute approximate surface area is 191 Å². The molecule has 0 aliphatic carbocycles. The SMILES string of the molecule is COc1cc2c(cc1N1C[C@@H](C)N[C@@H](C)C1)N(S(=O)(=O)c1ccc(-c3ccon3)s1)CC2. The molecule has 1 N–H and O–H groups in total. The average Bonchev–Trinajstić information content (AvgIpc) is 3.52. The lowest BCUT2D eigenvalue weighted by Gasteiger charge is -2.38. The Morgan fingerprint density at radius 1 is 1.16 bits per heavy atom. The van der Waals surface area contributed by atoms with E-state index in [4.69, 9.17) is 9.26 Å². The molecule has 0 amide bonds. The Hall–Kier alpha value is -2.56. The quantitative estimate of drug-likeness (QED) is 0.607. The third kappa shape index (κ3) is 3.66. The Morgan fingerprint density at radius 3 is 2.62 bits per heavy atom. The maximum absolute atomic E-state index is 13.6. The molecule has 1 saturated heterocycles. The Morgan fingerprint density at radius 2 is 1.94 bits per heavy atom. The van der Waals surface area contributed by atoms with Crippen LogP contribution in [0, 0.1) is 0 Å². The monoisotopic (exact) mass is 474 g/mol. The van der Waals surface area contributed by atoms with Crippen molar-refractivity contribution in [3.63, 3.8) is 0 Å². The van der Waals surface area contributed by atoms with Gasteiger partial charge < -0.3 is 19.5 Å². The van der Waals surface area contributed by atoms with Gasteiger partial charge in [-0.15, -0.1) is 11.3 Å². The van der Waals surface area contributed by atoms with Gasteiger partial charge in [0.25, 0.3) is 10.0 Å². The first-order valence-corrected chi connectivity index (χ1v) is 12.9. The number of anilines is 2. The second-order valence-corrected chi connectivity index (χ2v) is 11.5. The largest absolute Gasteiger partial charge is 0.495 e. The third-order valence-electron chi connectivity index (χ3n) is 5.95. The Bertz CT molecular complexity index is 1210. The van der Waals surface area contributed by atoms with Crippen LogP contribution in [0.4, 0.5) is 11.4 Å². The molecule has 1 fully saturated rings. The fraction of sp³-hybridized carbons (Fsp3) is 0.409. The highest BCUT2D eigenvalue weighted by Gasteiger charge is 2.34. The van der Waals surface area contributed by atoms with Gasteiger partial charge in [0.05, 0.1) is 23.4 Å². The third-order valence-corrected chi connectivity index (χ3v) is 9.34. The number of benzene rings is 1. The van der Waals surface area contributed by atoms with Gasteiger partial charge in [-0.1, -0.05) is 5.16 Å².